The Morgan fingerprint density at radius 3 is 1.20 bits per heavy atom. The Balaban J connectivity index is 0.000000108. The van der Waals surface area contributed by atoms with Crippen molar-refractivity contribution in [2.24, 2.45) is 0 Å². The van der Waals surface area contributed by atoms with Crippen LogP contribution in [0.25, 0.3) is 0 Å². The number of hydrogen-bond acceptors (Lipinski definition) is 22. The van der Waals surface area contributed by atoms with E-state index in [0.29, 0.717) is 65.5 Å². The van der Waals surface area contributed by atoms with E-state index in [1.165, 1.54) is 76.0 Å². The molecule has 16 rings (SSSR count). The van der Waals surface area contributed by atoms with E-state index in [1.54, 1.807) is 76.1 Å². The molecular weight excluding hydrogens is 1260 g/mol. The molecule has 0 aromatic carbocycles. The number of carbonyl (C=O) groups excluding carboxylic acids is 7. The summed E-state index contributed by atoms with van der Waals surface area (Å²) in [5, 5.41) is 13.8. The third-order valence-corrected chi connectivity index (χ3v) is 24.1. The second kappa shape index (κ2) is 24.2. The Bertz CT molecular complexity index is 3790. The number of hydroxylamine groups is 8. The summed E-state index contributed by atoms with van der Waals surface area (Å²) in [6.45, 7) is 12.6. The quantitative estimate of drug-likeness (QED) is 0.0567. The first-order chi connectivity index (χ1) is 42.2. The maximum atomic E-state index is 12.4. The van der Waals surface area contributed by atoms with Crippen molar-refractivity contribution in [3.05, 3.63) is 96.2 Å². The van der Waals surface area contributed by atoms with Gasteiger partial charge in [0.05, 0.1) is 51.3 Å². The average Bonchev–Trinajstić information content (AvgIpc) is 1.85. The topological polar surface area (TPSA) is 312 Å². The smallest absolute Gasteiger partial charge is 0.336 e. The van der Waals surface area contributed by atoms with Crippen molar-refractivity contribution in [3.8, 4) is 0 Å². The van der Waals surface area contributed by atoms with Crippen molar-refractivity contribution in [1.29, 1.82) is 0 Å². The fourth-order valence-electron chi connectivity index (χ4n) is 13.8. The number of carbonyl (C=O) groups is 7. The molecule has 4 saturated heterocycles. The first-order valence-corrected chi connectivity index (χ1v) is 34.4. The minimum absolute atomic E-state index is 0.0229. The van der Waals surface area contributed by atoms with E-state index < -0.39 is 44.9 Å². The number of hydrogen-bond donors (Lipinski definition) is 3. The molecule has 4 fully saturated rings. The summed E-state index contributed by atoms with van der Waals surface area (Å²) in [5.74, 6) is 0. The zero-order chi connectivity index (χ0) is 61.7. The van der Waals surface area contributed by atoms with Crippen molar-refractivity contribution in [2.45, 2.75) is 115 Å². The molecule has 12 aliphatic rings. The minimum atomic E-state index is -4.77. The molecule has 4 unspecified atom stereocenters. The lowest BCUT2D eigenvalue weighted by molar-refractivity contribution is -0.118. The maximum Gasteiger partial charge on any atom is 0.418 e. The highest BCUT2D eigenvalue weighted by Crippen LogP contribution is 2.50. The highest BCUT2D eigenvalue weighted by Gasteiger charge is 2.51. The highest BCUT2D eigenvalue weighted by molar-refractivity contribution is 7.81. The molecule has 8 amide bonds. The van der Waals surface area contributed by atoms with Crippen LogP contribution in [0, 0.1) is 0 Å². The number of urea groups is 4. The molecule has 37 heteroatoms. The van der Waals surface area contributed by atoms with Gasteiger partial charge in [-0.1, -0.05) is 6.08 Å². The fraction of sp³-hybridized carbons (Fsp3) is 0.510. The number of fused-ring (bicyclic) bond motifs is 24. The predicted molar refractivity (Wildman–Crippen MR) is 319 cm³/mol. The summed E-state index contributed by atoms with van der Waals surface area (Å²) in [5.41, 5.74) is 9.53. The van der Waals surface area contributed by atoms with Crippen molar-refractivity contribution in [2.75, 3.05) is 52.4 Å². The number of aryl methyl sites for hydroxylation is 1. The monoisotopic (exact) mass is 1320 g/mol. The molecular formula is C51H57B3N11O17S6. The molecule has 8 bridgehead atoms. The Morgan fingerprint density at radius 1 is 0.466 bits per heavy atom. The van der Waals surface area contributed by atoms with Crippen LogP contribution in [0.15, 0.2) is 12.7 Å². The van der Waals surface area contributed by atoms with Crippen molar-refractivity contribution in [3.63, 3.8) is 0 Å². The van der Waals surface area contributed by atoms with Gasteiger partial charge in [-0.2, -0.15) is 37.1 Å². The highest BCUT2D eigenvalue weighted by atomic mass is 32.3. The van der Waals surface area contributed by atoms with E-state index in [9.17, 15) is 55.6 Å². The van der Waals surface area contributed by atoms with Gasteiger partial charge >= 0.3 is 44.9 Å². The lowest BCUT2D eigenvalue weighted by Crippen LogP contribution is -2.35. The summed E-state index contributed by atoms with van der Waals surface area (Å²) in [6, 6.07) is -2.70. The number of rotatable bonds is 13. The maximum absolute atomic E-state index is 12.4. The number of amides is 8. The molecule has 28 nitrogen and oxygen atoms in total. The van der Waals surface area contributed by atoms with Crippen LogP contribution in [0.2, 0.25) is 0 Å². The van der Waals surface area contributed by atoms with Gasteiger partial charge < -0.3 is 48.4 Å². The van der Waals surface area contributed by atoms with Crippen LogP contribution in [0.1, 0.15) is 121 Å². The van der Waals surface area contributed by atoms with Gasteiger partial charge in [-0.05, 0) is 109 Å². The van der Waals surface area contributed by atoms with E-state index in [-0.39, 0.29) is 24.1 Å². The number of nitrogens with zero attached hydrogens (tertiary/aromatic N) is 11. The van der Waals surface area contributed by atoms with E-state index in [1.807, 2.05) is 19.3 Å². The van der Waals surface area contributed by atoms with Gasteiger partial charge in [0.2, 0.25) is 0 Å². The van der Waals surface area contributed by atoms with Crippen LogP contribution in [-0.2, 0) is 127 Å². The molecule has 88 heavy (non-hydrogen) atoms. The first-order valence-electron chi connectivity index (χ1n) is 28.4. The van der Waals surface area contributed by atoms with Crippen molar-refractivity contribution in [1.82, 2.24) is 54.3 Å². The van der Waals surface area contributed by atoms with Crippen LogP contribution in [-0.4, -0.2) is 203 Å². The molecule has 0 saturated carbocycles. The Morgan fingerprint density at radius 2 is 0.807 bits per heavy atom. The van der Waals surface area contributed by atoms with Crippen LogP contribution in [0.3, 0.4) is 0 Å². The van der Waals surface area contributed by atoms with Gasteiger partial charge in [0.25, 0.3) is 22.2 Å². The van der Waals surface area contributed by atoms with Gasteiger partial charge in [-0.3, -0.25) is 19.2 Å². The summed E-state index contributed by atoms with van der Waals surface area (Å²) in [4.78, 5) is 108. The normalized spacial score (nSPS) is 23.7. The predicted octanol–water partition coefficient (Wildman–Crippen LogP) is 3.52. The third kappa shape index (κ3) is 11.3. The van der Waals surface area contributed by atoms with E-state index >= 15 is 0 Å². The molecule has 3 radical (unpaired) electrons. The average molecular weight is 1320 g/mol. The van der Waals surface area contributed by atoms with Gasteiger partial charge in [0, 0.05) is 84.8 Å². The minimum Gasteiger partial charge on any atom is -0.336 e. The Kier molecular flexibility index (Phi) is 16.8. The fourth-order valence-corrected chi connectivity index (χ4v) is 20.2. The van der Waals surface area contributed by atoms with Crippen molar-refractivity contribution < 1.29 is 78.1 Å². The summed E-state index contributed by atoms with van der Waals surface area (Å²) in [6.07, 6.45) is 11.1. The molecule has 0 spiro atoms. The SMILES string of the molecule is C=CCON1C(=O)N2Cc3c(sc4c3CN([B]C=O)CC4)C1C2.O=C1N2Cc3c(sc4c3CCCC4)C(C2)N1OS(=O)(=O)O.O=C[B]N1CCc2sc3c(c2C1)CN1CC3N(O)C1=O.O=C[B]N1CCc2sc3c(c2C1)CN1CC3N(OS(=O)(=O)O)C1=O. The number of thiophene rings is 4. The van der Waals surface area contributed by atoms with Crippen LogP contribution >= 0.6 is 45.3 Å². The van der Waals surface area contributed by atoms with Crippen LogP contribution in [0.5, 0.6) is 0 Å². The van der Waals surface area contributed by atoms with E-state index in [0.717, 1.165) is 136 Å². The zero-order valence-electron chi connectivity index (χ0n) is 47.0. The van der Waals surface area contributed by atoms with E-state index in [4.69, 9.17) is 13.9 Å². The zero-order valence-corrected chi connectivity index (χ0v) is 51.9. The lowest BCUT2D eigenvalue weighted by Gasteiger charge is -2.27. The van der Waals surface area contributed by atoms with Crippen LogP contribution in [0.4, 0.5) is 19.2 Å². The van der Waals surface area contributed by atoms with Gasteiger partial charge in [-0.25, -0.2) is 19.2 Å². The van der Waals surface area contributed by atoms with Crippen molar-refractivity contribution >= 4 is 131 Å². The molecule has 4 aromatic rings. The summed E-state index contributed by atoms with van der Waals surface area (Å²) in [7, 11) is -4.78. The molecule has 11 aliphatic heterocycles. The molecule has 15 heterocycles. The molecule has 463 valence electrons. The van der Waals surface area contributed by atoms with Gasteiger partial charge in [0.15, 0.2) is 0 Å². The first kappa shape index (κ1) is 61.2. The Hall–Kier alpha value is -5.64. The summed E-state index contributed by atoms with van der Waals surface area (Å²) < 4.78 is 70.7. The largest absolute Gasteiger partial charge is 0.418 e. The second-order valence-electron chi connectivity index (χ2n) is 22.7. The molecule has 4 aromatic heterocycles. The third-order valence-electron chi connectivity index (χ3n) is 17.6. The molecule has 3 N–H and O–H groups in total. The summed E-state index contributed by atoms with van der Waals surface area (Å²) >= 11 is 6.71. The van der Waals surface area contributed by atoms with Gasteiger partial charge in [-0.15, -0.1) is 60.5 Å². The lowest BCUT2D eigenvalue weighted by atomic mass is 9.89. The van der Waals surface area contributed by atoms with E-state index in [2.05, 4.69) is 15.1 Å². The standard InChI is InChI=1S/C15H17BN3O3S.C12H13BN3O6S2.C12H13BN3O3S.C12H14N2O5S2/c1-2-5-22-19-12-8-17(15(19)21)6-11-10-7-18(16-9-20)4-3-13(10)23-14(11)12;17-6-13-15-2-1-10-7(4-15)8-3-14-5-9(11(8)23-10)16(12(14)18)22-24(19,20)21;17-6-13-15-2-1-10-7(4-15)8-3-14-5-9(11(8)20-10)16(19)12(14)18;15-12-13-5-8-7-3-1-2-4-10(7)20-11(8)9(6-13)14(12)19-21(16,17)18/h2,9,12H,1,3-8H2;6,9H,1-5H2,(H,19,20,21);6,9,19H,1-5H2;9H,1-6H2,(H,16,17,18). The Labute approximate surface area is 523 Å². The van der Waals surface area contributed by atoms with Gasteiger partial charge in [0.1, 0.15) is 24.2 Å². The molecule has 4 atom stereocenters. The van der Waals surface area contributed by atoms with Crippen LogP contribution < -0.4 is 0 Å². The molecule has 1 aliphatic carbocycles. The second-order valence-corrected chi connectivity index (χ2v) is 29.3.